The van der Waals surface area contributed by atoms with Crippen LogP contribution in [0, 0.1) is 10.2 Å². The number of para-hydroxylation sites is 3. The highest BCUT2D eigenvalue weighted by molar-refractivity contribution is 6.04. The van der Waals surface area contributed by atoms with Crippen molar-refractivity contribution >= 4 is 39.3 Å². The van der Waals surface area contributed by atoms with Crippen molar-refractivity contribution in [2.75, 3.05) is 19.0 Å². The summed E-state index contributed by atoms with van der Waals surface area (Å²) >= 11 is 0. The van der Waals surface area contributed by atoms with E-state index in [2.05, 4.69) is 96.4 Å². The smallest absolute Gasteiger partial charge is 0.205 e. The minimum absolute atomic E-state index is 0.0483. The first kappa shape index (κ1) is 31.3. The van der Waals surface area contributed by atoms with Crippen LogP contribution in [0.25, 0.3) is 16.5 Å². The molecule has 0 aliphatic heterocycles. The molecule has 1 heterocycles. The quantitative estimate of drug-likeness (QED) is 0.276. The standard InChI is InChI=1S/C36H29N2O2.ClHO4/c1-37(28-11-5-3-6-12-28)30-21-17-26(18-22-30)35(33-25-40-34-16-10-9-15-32(34)36(33)39)27-19-23-31(24-20-27)38(2)29-13-7-4-8-14-29;2-1(3,4)5/h3-25H,1-2H3;(H,2,3,4,5)/q+1;/p-1. The molecule has 8 nitrogen and oxygen atoms in total. The second-order valence-corrected chi connectivity index (χ2v) is 10.9. The lowest BCUT2D eigenvalue weighted by Gasteiger charge is -2.20. The van der Waals surface area contributed by atoms with Gasteiger partial charge < -0.3 is 9.32 Å². The van der Waals surface area contributed by atoms with Gasteiger partial charge in [0.2, 0.25) is 16.8 Å². The molecule has 0 saturated heterocycles. The molecule has 1 aliphatic carbocycles. The molecule has 45 heavy (non-hydrogen) atoms. The van der Waals surface area contributed by atoms with Crippen molar-refractivity contribution in [1.29, 1.82) is 0 Å². The largest absolute Gasteiger partial charge is 0.463 e. The highest BCUT2D eigenvalue weighted by Crippen LogP contribution is 2.32. The molecule has 0 amide bonds. The summed E-state index contributed by atoms with van der Waals surface area (Å²) in [5.41, 5.74) is 8.10. The Bertz CT molecular complexity index is 1950. The lowest BCUT2D eigenvalue weighted by Crippen LogP contribution is -2.68. The molecule has 0 N–H and O–H groups in total. The maximum atomic E-state index is 13.7. The fraction of sp³-hybridized carbons (Fsp3) is 0.0556. The van der Waals surface area contributed by atoms with E-state index in [1.54, 1.807) is 6.26 Å². The average Bonchev–Trinajstić information content (AvgIpc) is 3.06. The Hall–Kier alpha value is -5.09. The van der Waals surface area contributed by atoms with Gasteiger partial charge in [-0.1, -0.05) is 60.7 Å². The number of benzene rings is 4. The topological polar surface area (TPSA) is 129 Å². The van der Waals surface area contributed by atoms with Gasteiger partial charge in [-0.2, -0.15) is 4.58 Å². The maximum absolute atomic E-state index is 13.7. The SMILES string of the molecule is CN(c1ccccc1)c1ccc(C(=C2C=CC(=[N+](C)c3ccccc3)C=C2)c2coc3ccccc3c2=O)cc1.[O-][Cl+3]([O-])([O-])[O-]. The third kappa shape index (κ3) is 7.71. The molecule has 0 fully saturated rings. The van der Waals surface area contributed by atoms with E-state index in [1.165, 1.54) is 0 Å². The highest BCUT2D eigenvalue weighted by Gasteiger charge is 2.19. The molecule has 1 aromatic heterocycles. The molecule has 0 radical (unpaired) electrons. The van der Waals surface area contributed by atoms with Gasteiger partial charge in [0.25, 0.3) is 0 Å². The molecular weight excluding hydrogens is 592 g/mol. The molecule has 1 aliphatic rings. The van der Waals surface area contributed by atoms with Crippen LogP contribution < -0.4 is 29.0 Å². The fourth-order valence-electron chi connectivity index (χ4n) is 5.03. The van der Waals surface area contributed by atoms with Gasteiger partial charge in [0.05, 0.1) is 10.9 Å². The monoisotopic (exact) mass is 620 g/mol. The first-order chi connectivity index (χ1) is 21.6. The summed E-state index contributed by atoms with van der Waals surface area (Å²) in [7, 11) is -0.843. The van der Waals surface area contributed by atoms with Gasteiger partial charge in [-0.3, -0.25) is 4.79 Å². The number of allylic oxidation sites excluding steroid dienone is 5. The maximum Gasteiger partial charge on any atom is 0.205 e. The third-order valence-electron chi connectivity index (χ3n) is 7.32. The van der Waals surface area contributed by atoms with E-state index in [9.17, 15) is 4.79 Å². The number of nitrogens with zero attached hydrogens (tertiary/aromatic N) is 2. The van der Waals surface area contributed by atoms with Gasteiger partial charge in [-0.05, 0) is 59.7 Å². The molecule has 226 valence electrons. The summed E-state index contributed by atoms with van der Waals surface area (Å²) in [6.07, 6.45) is 9.91. The van der Waals surface area contributed by atoms with Crippen molar-refractivity contribution in [2.45, 2.75) is 0 Å². The van der Waals surface area contributed by atoms with Crippen molar-refractivity contribution in [1.82, 2.24) is 0 Å². The van der Waals surface area contributed by atoms with Crippen LogP contribution in [0.5, 0.6) is 0 Å². The Balaban J connectivity index is 0.000000743. The summed E-state index contributed by atoms with van der Waals surface area (Å²) < 4.78 is 42.1. The van der Waals surface area contributed by atoms with Gasteiger partial charge in [-0.25, -0.2) is 18.6 Å². The van der Waals surface area contributed by atoms with Crippen molar-refractivity contribution in [2.24, 2.45) is 0 Å². The Morgan fingerprint density at radius 1 is 0.711 bits per heavy atom. The number of halogens is 1. The molecule has 0 unspecified atom stereocenters. The van der Waals surface area contributed by atoms with Crippen molar-refractivity contribution in [3.05, 3.63) is 167 Å². The summed E-state index contributed by atoms with van der Waals surface area (Å²) in [5.74, 6) is 0. The number of hydrogen-bond acceptors (Lipinski definition) is 7. The van der Waals surface area contributed by atoms with Gasteiger partial charge in [0.15, 0.2) is 0 Å². The molecule has 6 rings (SSSR count). The highest BCUT2D eigenvalue weighted by atomic mass is 35.7. The van der Waals surface area contributed by atoms with E-state index in [0.29, 0.717) is 16.5 Å². The number of hydrogen-bond donors (Lipinski definition) is 0. The number of anilines is 2. The number of rotatable bonds is 5. The average molecular weight is 621 g/mol. The Morgan fingerprint density at radius 3 is 1.87 bits per heavy atom. The predicted octanol–water partition coefficient (Wildman–Crippen LogP) is 3.15. The van der Waals surface area contributed by atoms with Crippen LogP contribution in [0.3, 0.4) is 0 Å². The minimum atomic E-state index is -4.94. The Kier molecular flexibility index (Phi) is 9.53. The zero-order chi connectivity index (χ0) is 32.0. The zero-order valence-electron chi connectivity index (χ0n) is 24.5. The molecular formula is C36H29ClN2O6. The van der Waals surface area contributed by atoms with Gasteiger partial charge >= 0.3 is 0 Å². The van der Waals surface area contributed by atoms with Crippen LogP contribution in [0.4, 0.5) is 17.1 Å². The van der Waals surface area contributed by atoms with Crippen molar-refractivity contribution in [3.63, 3.8) is 0 Å². The van der Waals surface area contributed by atoms with Crippen LogP contribution in [0.1, 0.15) is 11.1 Å². The lowest BCUT2D eigenvalue weighted by atomic mass is 9.91. The van der Waals surface area contributed by atoms with Crippen molar-refractivity contribution in [3.8, 4) is 0 Å². The van der Waals surface area contributed by atoms with Crippen LogP contribution >= 0.6 is 0 Å². The first-order valence-corrected chi connectivity index (χ1v) is 15.1. The first-order valence-electron chi connectivity index (χ1n) is 13.9. The minimum Gasteiger partial charge on any atom is -0.463 e. The molecule has 0 bridgehead atoms. The fourth-order valence-corrected chi connectivity index (χ4v) is 5.03. The van der Waals surface area contributed by atoms with Gasteiger partial charge in [0.1, 0.15) is 18.9 Å². The van der Waals surface area contributed by atoms with Crippen LogP contribution in [-0.4, -0.2) is 24.4 Å². The van der Waals surface area contributed by atoms with E-state index in [-0.39, 0.29) is 5.43 Å². The second-order valence-electron chi connectivity index (χ2n) is 10.1. The van der Waals surface area contributed by atoms with Crippen LogP contribution in [0.2, 0.25) is 0 Å². The second kappa shape index (κ2) is 13.7. The molecule has 0 spiro atoms. The molecule has 4 aromatic carbocycles. The van der Waals surface area contributed by atoms with Gasteiger partial charge in [-0.15, -0.1) is 10.2 Å². The summed E-state index contributed by atoms with van der Waals surface area (Å²) in [4.78, 5) is 15.9. The van der Waals surface area contributed by atoms with Crippen LogP contribution in [0.15, 0.2) is 155 Å². The molecule has 9 heteroatoms. The van der Waals surface area contributed by atoms with E-state index in [4.69, 9.17) is 23.1 Å². The summed E-state index contributed by atoms with van der Waals surface area (Å²) in [6.45, 7) is 0. The molecule has 0 saturated carbocycles. The molecule has 0 atom stereocenters. The van der Waals surface area contributed by atoms with Gasteiger partial charge in [0, 0.05) is 48.3 Å². The zero-order valence-corrected chi connectivity index (χ0v) is 25.3. The lowest BCUT2D eigenvalue weighted by molar-refractivity contribution is -2.00. The normalized spacial score (nSPS) is 12.5. The van der Waals surface area contributed by atoms with Crippen molar-refractivity contribution < 1.29 is 37.9 Å². The van der Waals surface area contributed by atoms with E-state index < -0.39 is 10.2 Å². The predicted molar refractivity (Wildman–Crippen MR) is 165 cm³/mol. The van der Waals surface area contributed by atoms with E-state index >= 15 is 0 Å². The third-order valence-corrected chi connectivity index (χ3v) is 7.32. The number of fused-ring (bicyclic) bond motifs is 1. The van der Waals surface area contributed by atoms with Crippen LogP contribution in [-0.2, 0) is 0 Å². The summed E-state index contributed by atoms with van der Waals surface area (Å²) in [6, 6.07) is 36.2. The molecule has 5 aromatic rings. The Morgan fingerprint density at radius 2 is 1.24 bits per heavy atom. The van der Waals surface area contributed by atoms with E-state index in [1.807, 2.05) is 60.7 Å². The van der Waals surface area contributed by atoms with E-state index in [0.717, 1.165) is 39.5 Å². The summed E-state index contributed by atoms with van der Waals surface area (Å²) in [5, 5.41) is 0.568. The Labute approximate surface area is 262 Å².